The number of hydrogen-bond acceptors (Lipinski definition) is 4. The molecule has 0 saturated carbocycles. The molecule has 0 aromatic heterocycles. The van der Waals surface area contributed by atoms with Gasteiger partial charge in [0, 0.05) is 24.5 Å². The minimum Gasteiger partial charge on any atom is -0.354 e. The average molecular weight is 672 g/mol. The highest BCUT2D eigenvalue weighted by Crippen LogP contribution is 2.33. The number of amides is 2. The van der Waals surface area contributed by atoms with Crippen LogP contribution in [0.25, 0.3) is 0 Å². The first-order valence-electron chi connectivity index (χ1n) is 14.5. The molecule has 0 spiro atoms. The van der Waals surface area contributed by atoms with Crippen molar-refractivity contribution < 1.29 is 31.2 Å². The third kappa shape index (κ3) is 8.88. The van der Waals surface area contributed by atoms with Gasteiger partial charge in [0.1, 0.15) is 12.6 Å². The van der Waals surface area contributed by atoms with Crippen LogP contribution >= 0.6 is 11.6 Å². The van der Waals surface area contributed by atoms with E-state index in [1.54, 1.807) is 54.6 Å². The predicted molar refractivity (Wildman–Crippen MR) is 172 cm³/mol. The summed E-state index contributed by atoms with van der Waals surface area (Å²) < 4.78 is 69.7. The summed E-state index contributed by atoms with van der Waals surface area (Å²) in [5, 5.41) is 3.29. The number of carbonyl (C=O) groups excluding carboxylic acids is 2. The van der Waals surface area contributed by atoms with Crippen molar-refractivity contribution in [3.05, 3.63) is 131 Å². The van der Waals surface area contributed by atoms with Crippen LogP contribution in [-0.4, -0.2) is 44.3 Å². The molecule has 1 N–H and O–H groups in total. The molecule has 7 nitrogen and oxygen atoms in total. The molecular formula is C34H33ClF3N3O4S. The lowest BCUT2D eigenvalue weighted by atomic mass is 10.0. The van der Waals surface area contributed by atoms with Gasteiger partial charge in [0.15, 0.2) is 0 Å². The van der Waals surface area contributed by atoms with Gasteiger partial charge in [-0.3, -0.25) is 13.9 Å². The SMILES string of the molecule is CCCNC(=O)[C@H](Cc1ccccc1)N(Cc1ccc(Cl)cc1)C(=O)CN(c1cccc(C(F)(F)F)c1)S(=O)(=O)c1ccccc1. The molecule has 0 aliphatic heterocycles. The summed E-state index contributed by atoms with van der Waals surface area (Å²) in [4.78, 5) is 29.1. The molecule has 12 heteroatoms. The van der Waals surface area contributed by atoms with E-state index < -0.39 is 46.2 Å². The standard InChI is InChI=1S/C34H33ClF3N3O4S/c1-2-20-39-33(43)31(21-25-10-5-3-6-11-25)40(23-26-16-18-28(35)19-17-26)32(42)24-41(46(44,45)30-14-7-4-8-15-30)29-13-9-12-27(22-29)34(36,37)38/h3-19,22,31H,2,20-21,23-24H2,1H3,(H,39,43)/t31-/m0/s1. The van der Waals surface area contributed by atoms with Crippen molar-refractivity contribution in [2.24, 2.45) is 0 Å². The third-order valence-electron chi connectivity index (χ3n) is 7.16. The number of rotatable bonds is 13. The molecule has 0 aliphatic carbocycles. The van der Waals surface area contributed by atoms with E-state index in [-0.39, 0.29) is 23.5 Å². The molecule has 4 rings (SSSR count). The maximum absolute atomic E-state index is 14.4. The Hall–Kier alpha value is -4.35. The first-order valence-corrected chi connectivity index (χ1v) is 16.3. The maximum atomic E-state index is 14.4. The molecular weight excluding hydrogens is 639 g/mol. The largest absolute Gasteiger partial charge is 0.416 e. The minimum atomic E-state index is -4.76. The van der Waals surface area contributed by atoms with Crippen LogP contribution in [0.1, 0.15) is 30.0 Å². The lowest BCUT2D eigenvalue weighted by Gasteiger charge is -2.34. The second-order valence-corrected chi connectivity index (χ2v) is 12.8. The predicted octanol–water partition coefficient (Wildman–Crippen LogP) is 6.72. The summed E-state index contributed by atoms with van der Waals surface area (Å²) >= 11 is 6.08. The Kier molecular flexibility index (Phi) is 11.5. The van der Waals surface area contributed by atoms with Gasteiger partial charge in [0.25, 0.3) is 10.0 Å². The highest BCUT2D eigenvalue weighted by atomic mass is 35.5. The fraction of sp³-hybridized carbons (Fsp3) is 0.235. The lowest BCUT2D eigenvalue weighted by molar-refractivity contribution is -0.140. The van der Waals surface area contributed by atoms with Gasteiger partial charge in [-0.2, -0.15) is 13.2 Å². The third-order valence-corrected chi connectivity index (χ3v) is 9.20. The molecule has 0 fully saturated rings. The van der Waals surface area contributed by atoms with Gasteiger partial charge in [0.2, 0.25) is 11.8 Å². The summed E-state index contributed by atoms with van der Waals surface area (Å²) in [6, 6.07) is 25.4. The summed E-state index contributed by atoms with van der Waals surface area (Å²) in [7, 11) is -4.54. The van der Waals surface area contributed by atoms with Gasteiger partial charge in [-0.15, -0.1) is 0 Å². The van der Waals surface area contributed by atoms with Crippen LogP contribution in [0, 0.1) is 0 Å². The van der Waals surface area contributed by atoms with Crippen LogP contribution < -0.4 is 9.62 Å². The van der Waals surface area contributed by atoms with Gasteiger partial charge in [-0.1, -0.05) is 85.3 Å². The van der Waals surface area contributed by atoms with Crippen molar-refractivity contribution >= 4 is 39.1 Å². The number of carbonyl (C=O) groups is 2. The molecule has 4 aromatic rings. The molecule has 0 radical (unpaired) electrons. The van der Waals surface area contributed by atoms with Crippen LogP contribution in [0.15, 0.2) is 114 Å². The first-order chi connectivity index (χ1) is 21.9. The topological polar surface area (TPSA) is 86.8 Å². The monoisotopic (exact) mass is 671 g/mol. The van der Waals surface area contributed by atoms with Crippen molar-refractivity contribution in [2.45, 2.75) is 43.4 Å². The van der Waals surface area contributed by atoms with E-state index >= 15 is 0 Å². The van der Waals surface area contributed by atoms with E-state index in [1.807, 2.05) is 13.0 Å². The molecule has 0 heterocycles. The summed E-state index contributed by atoms with van der Waals surface area (Å²) in [6.07, 6.45) is -4.03. The van der Waals surface area contributed by atoms with E-state index in [2.05, 4.69) is 5.32 Å². The van der Waals surface area contributed by atoms with Gasteiger partial charge < -0.3 is 10.2 Å². The van der Waals surface area contributed by atoms with Crippen molar-refractivity contribution in [3.63, 3.8) is 0 Å². The fourth-order valence-electron chi connectivity index (χ4n) is 4.79. The first kappa shape index (κ1) is 34.5. The Balaban J connectivity index is 1.82. The molecule has 46 heavy (non-hydrogen) atoms. The van der Waals surface area contributed by atoms with Crippen molar-refractivity contribution in [2.75, 3.05) is 17.4 Å². The molecule has 0 bridgehead atoms. The highest BCUT2D eigenvalue weighted by Gasteiger charge is 2.36. The number of benzene rings is 4. The highest BCUT2D eigenvalue weighted by molar-refractivity contribution is 7.92. The van der Waals surface area contributed by atoms with E-state index in [1.165, 1.54) is 35.2 Å². The number of alkyl halides is 3. The second kappa shape index (κ2) is 15.3. The quantitative estimate of drug-likeness (QED) is 0.171. The summed E-state index contributed by atoms with van der Waals surface area (Å²) in [5.74, 6) is -1.25. The van der Waals surface area contributed by atoms with Crippen molar-refractivity contribution in [1.29, 1.82) is 0 Å². The molecule has 1 atom stereocenters. The Bertz CT molecular complexity index is 1720. The van der Waals surface area contributed by atoms with Crippen LogP contribution in [0.3, 0.4) is 0 Å². The van der Waals surface area contributed by atoms with Gasteiger partial charge >= 0.3 is 6.18 Å². The van der Waals surface area contributed by atoms with Crippen molar-refractivity contribution in [1.82, 2.24) is 10.2 Å². The van der Waals surface area contributed by atoms with E-state index in [9.17, 15) is 31.2 Å². The minimum absolute atomic E-state index is 0.102. The number of halogens is 4. The fourth-order valence-corrected chi connectivity index (χ4v) is 6.35. The summed E-state index contributed by atoms with van der Waals surface area (Å²) in [5.41, 5.74) is -0.0755. The van der Waals surface area contributed by atoms with Gasteiger partial charge in [-0.05, 0) is 60.0 Å². The number of hydrogen-bond donors (Lipinski definition) is 1. The zero-order chi connectivity index (χ0) is 33.3. The maximum Gasteiger partial charge on any atom is 0.416 e. The molecule has 0 saturated heterocycles. The molecule has 2 amide bonds. The number of nitrogens with zero attached hydrogens (tertiary/aromatic N) is 2. The van der Waals surface area contributed by atoms with Crippen molar-refractivity contribution in [3.8, 4) is 0 Å². The zero-order valence-electron chi connectivity index (χ0n) is 25.0. The Morgan fingerprint density at radius 1 is 0.848 bits per heavy atom. The second-order valence-electron chi connectivity index (χ2n) is 10.5. The Labute approximate surface area is 271 Å². The molecule has 242 valence electrons. The number of anilines is 1. The van der Waals surface area contributed by atoms with Crippen LogP contribution in [0.2, 0.25) is 5.02 Å². The van der Waals surface area contributed by atoms with E-state index in [0.717, 1.165) is 17.7 Å². The average Bonchev–Trinajstić information content (AvgIpc) is 3.05. The van der Waals surface area contributed by atoms with Gasteiger partial charge in [-0.25, -0.2) is 8.42 Å². The van der Waals surface area contributed by atoms with Crippen LogP contribution in [0.4, 0.5) is 18.9 Å². The normalized spacial score (nSPS) is 12.3. The van der Waals surface area contributed by atoms with Crippen LogP contribution in [0.5, 0.6) is 0 Å². The molecule has 0 unspecified atom stereocenters. The summed E-state index contributed by atoms with van der Waals surface area (Å²) in [6.45, 7) is 1.24. The molecule has 4 aromatic carbocycles. The Morgan fingerprint density at radius 2 is 1.48 bits per heavy atom. The van der Waals surface area contributed by atoms with Crippen LogP contribution in [-0.2, 0) is 38.8 Å². The van der Waals surface area contributed by atoms with Gasteiger partial charge in [0.05, 0.1) is 16.1 Å². The Morgan fingerprint density at radius 3 is 2.09 bits per heavy atom. The van der Waals surface area contributed by atoms with E-state index in [0.29, 0.717) is 33.9 Å². The van der Waals surface area contributed by atoms with E-state index in [4.69, 9.17) is 11.6 Å². The smallest absolute Gasteiger partial charge is 0.354 e. The number of nitrogens with one attached hydrogen (secondary N) is 1. The molecule has 0 aliphatic rings. The number of sulfonamides is 1. The lowest BCUT2D eigenvalue weighted by Crippen LogP contribution is -2.53. The zero-order valence-corrected chi connectivity index (χ0v) is 26.5.